The molecule has 0 amide bonds. The summed E-state index contributed by atoms with van der Waals surface area (Å²) in [5.74, 6) is 2.00. The van der Waals surface area contributed by atoms with Gasteiger partial charge in [-0.3, -0.25) is 5.87 Å². The van der Waals surface area contributed by atoms with Crippen LogP contribution in [0.25, 0.3) is 26.2 Å². The SMILES string of the molecule is [C-]#[N+]C(C#N)=C(C(=C=[N-])C=CC=C(C#N)C(=C(C#N)[N+]#[C-])c1ccccc1)c1ccccc1. The highest BCUT2D eigenvalue weighted by molar-refractivity contribution is 5.95. The molecule has 0 aliphatic heterocycles. The van der Waals surface area contributed by atoms with Crippen molar-refractivity contribution < 1.29 is 0 Å². The third-order valence-electron chi connectivity index (χ3n) is 4.34. The van der Waals surface area contributed by atoms with Gasteiger partial charge >= 0.3 is 0 Å². The van der Waals surface area contributed by atoms with Crippen molar-refractivity contribution in [3.8, 4) is 18.2 Å². The summed E-state index contributed by atoms with van der Waals surface area (Å²) in [6.07, 6.45) is 4.18. The molecule has 0 heterocycles. The highest BCUT2D eigenvalue weighted by atomic mass is 14.7. The molecule has 6 nitrogen and oxygen atoms in total. The minimum absolute atomic E-state index is 0.0539. The summed E-state index contributed by atoms with van der Waals surface area (Å²) >= 11 is 0. The Morgan fingerprint density at radius 1 is 0.758 bits per heavy atom. The van der Waals surface area contributed by atoms with E-state index in [1.807, 2.05) is 24.1 Å². The fourth-order valence-electron chi connectivity index (χ4n) is 2.92. The molecule has 0 aliphatic rings. The lowest BCUT2D eigenvalue weighted by Crippen LogP contribution is -1.93. The van der Waals surface area contributed by atoms with Crippen LogP contribution in [-0.2, 0) is 0 Å². The van der Waals surface area contributed by atoms with E-state index in [1.54, 1.807) is 60.7 Å². The zero-order chi connectivity index (χ0) is 24.1. The molecule has 2 aromatic rings. The number of nitriles is 3. The van der Waals surface area contributed by atoms with Gasteiger partial charge in [-0.1, -0.05) is 66.7 Å². The van der Waals surface area contributed by atoms with Crippen LogP contribution in [0.1, 0.15) is 11.1 Å². The molecular formula is C27H13N6-. The molecule has 0 aromatic heterocycles. The maximum atomic E-state index is 9.71. The predicted octanol–water partition coefficient (Wildman–Crippen LogP) is 5.87. The van der Waals surface area contributed by atoms with Crippen molar-refractivity contribution in [2.45, 2.75) is 0 Å². The molecule has 0 fully saturated rings. The molecule has 0 saturated carbocycles. The number of benzene rings is 2. The molecule has 0 unspecified atom stereocenters. The number of allylic oxidation sites excluding steroid dienone is 9. The zero-order valence-electron chi connectivity index (χ0n) is 17.2. The van der Waals surface area contributed by atoms with E-state index in [1.165, 1.54) is 18.2 Å². The fraction of sp³-hybridized carbons (Fsp3) is 0. The van der Waals surface area contributed by atoms with E-state index >= 15 is 0 Å². The molecule has 0 aliphatic carbocycles. The van der Waals surface area contributed by atoms with Gasteiger partial charge in [0.05, 0.1) is 36.9 Å². The van der Waals surface area contributed by atoms with Crippen molar-refractivity contribution in [1.29, 1.82) is 15.8 Å². The van der Waals surface area contributed by atoms with E-state index in [2.05, 4.69) is 9.69 Å². The minimum Gasteiger partial charge on any atom is -0.763 e. The normalized spacial score (nSPS) is 11.9. The van der Waals surface area contributed by atoms with E-state index in [4.69, 9.17) is 13.1 Å². The molecule has 6 heteroatoms. The van der Waals surface area contributed by atoms with Gasteiger partial charge in [0, 0.05) is 11.1 Å². The standard InChI is InChI=1S/C27H13N6/c1-32-24(18-30)26(20-10-5-3-6-11-20)22(16-28)14-9-15-23(17-29)27(25(19-31)33-2)21-12-7-4-8-13-21/h3-15H/q-1. The maximum Gasteiger partial charge on any atom is 0.270 e. The van der Waals surface area contributed by atoms with Gasteiger partial charge in [-0.15, -0.1) is 0 Å². The van der Waals surface area contributed by atoms with Crippen LogP contribution in [0.2, 0.25) is 0 Å². The second kappa shape index (κ2) is 12.1. The molecule has 0 atom stereocenters. The summed E-state index contributed by atoms with van der Waals surface area (Å²) in [6, 6.07) is 22.8. The Bertz CT molecular complexity index is 1400. The lowest BCUT2D eigenvalue weighted by atomic mass is 9.95. The smallest absolute Gasteiger partial charge is 0.270 e. The predicted molar refractivity (Wildman–Crippen MR) is 126 cm³/mol. The topological polar surface area (TPSA) is 102 Å². The van der Waals surface area contributed by atoms with E-state index in [0.29, 0.717) is 11.1 Å². The third-order valence-corrected chi connectivity index (χ3v) is 4.34. The van der Waals surface area contributed by atoms with E-state index < -0.39 is 0 Å². The second-order valence-electron chi connectivity index (χ2n) is 6.20. The second-order valence-corrected chi connectivity index (χ2v) is 6.20. The number of nitrogens with zero attached hydrogens (tertiary/aromatic N) is 6. The van der Waals surface area contributed by atoms with Gasteiger partial charge in [0.1, 0.15) is 0 Å². The first-order valence-corrected chi connectivity index (χ1v) is 9.35. The molecule has 0 N–H and O–H groups in total. The van der Waals surface area contributed by atoms with Crippen LogP contribution in [0.4, 0.5) is 0 Å². The number of rotatable bonds is 6. The molecule has 2 rings (SSSR count). The summed E-state index contributed by atoms with van der Waals surface area (Å²) in [7, 11) is 0. The molecule has 0 saturated heterocycles. The Labute approximate surface area is 192 Å². The minimum atomic E-state index is -0.239. The monoisotopic (exact) mass is 421 g/mol. The van der Waals surface area contributed by atoms with Crippen LogP contribution < -0.4 is 0 Å². The van der Waals surface area contributed by atoms with Gasteiger partial charge in [0.15, 0.2) is 0 Å². The van der Waals surface area contributed by atoms with Crippen molar-refractivity contribution in [3.63, 3.8) is 0 Å². The Morgan fingerprint density at radius 3 is 1.67 bits per heavy atom. The van der Waals surface area contributed by atoms with E-state index in [-0.39, 0.29) is 33.7 Å². The summed E-state index contributed by atoms with van der Waals surface area (Å²) in [6.45, 7) is 14.6. The van der Waals surface area contributed by atoms with Gasteiger partial charge in [-0.2, -0.15) is 5.26 Å². The van der Waals surface area contributed by atoms with Crippen LogP contribution in [0.3, 0.4) is 0 Å². The fourth-order valence-corrected chi connectivity index (χ4v) is 2.92. The van der Waals surface area contributed by atoms with Gasteiger partial charge in [-0.25, -0.2) is 20.2 Å². The van der Waals surface area contributed by atoms with Gasteiger partial charge in [0.25, 0.3) is 11.4 Å². The highest BCUT2D eigenvalue weighted by Crippen LogP contribution is 2.29. The van der Waals surface area contributed by atoms with Crippen molar-refractivity contribution in [2.75, 3.05) is 0 Å². The summed E-state index contributed by atoms with van der Waals surface area (Å²) in [4.78, 5) is 6.49. The number of hydrogen-bond acceptors (Lipinski definition) is 3. The summed E-state index contributed by atoms with van der Waals surface area (Å²) in [5, 5.41) is 38.2. The Kier molecular flexibility index (Phi) is 8.65. The van der Waals surface area contributed by atoms with Crippen molar-refractivity contribution in [1.82, 2.24) is 0 Å². The quantitative estimate of drug-likeness (QED) is 0.252. The Balaban J connectivity index is 2.63. The van der Waals surface area contributed by atoms with Crippen LogP contribution in [0, 0.1) is 47.1 Å². The first kappa shape index (κ1) is 23.6. The first-order chi connectivity index (χ1) is 16.1. The molecule has 0 bridgehead atoms. The van der Waals surface area contributed by atoms with Crippen molar-refractivity contribution in [2.24, 2.45) is 0 Å². The maximum absolute atomic E-state index is 9.71. The van der Waals surface area contributed by atoms with Crippen LogP contribution in [0.15, 0.2) is 101 Å². The highest BCUT2D eigenvalue weighted by Gasteiger charge is 2.14. The largest absolute Gasteiger partial charge is 0.763 e. The van der Waals surface area contributed by atoms with Gasteiger partial charge < -0.3 is 5.41 Å². The lowest BCUT2D eigenvalue weighted by molar-refractivity contribution is 1.45. The summed E-state index contributed by atoms with van der Waals surface area (Å²) < 4.78 is 0. The summed E-state index contributed by atoms with van der Waals surface area (Å²) in [5.41, 5.74) is 1.04. The number of hydrogen-bond donors (Lipinski definition) is 0. The first-order valence-electron chi connectivity index (χ1n) is 9.35. The van der Waals surface area contributed by atoms with Crippen molar-refractivity contribution in [3.05, 3.63) is 141 Å². The molecule has 0 radical (unpaired) electrons. The Morgan fingerprint density at radius 2 is 1.24 bits per heavy atom. The van der Waals surface area contributed by atoms with Crippen LogP contribution in [0.5, 0.6) is 0 Å². The van der Waals surface area contributed by atoms with Crippen LogP contribution in [-0.4, -0.2) is 5.87 Å². The Hall–Kier alpha value is -5.70. The van der Waals surface area contributed by atoms with E-state index in [9.17, 15) is 21.2 Å². The molecular weight excluding hydrogens is 408 g/mol. The van der Waals surface area contributed by atoms with Gasteiger partial charge in [-0.05, 0) is 28.9 Å². The zero-order valence-corrected chi connectivity index (χ0v) is 17.2. The average Bonchev–Trinajstić information content (AvgIpc) is 2.88. The molecule has 152 valence electrons. The lowest BCUT2D eigenvalue weighted by Gasteiger charge is -2.09. The van der Waals surface area contributed by atoms with E-state index in [0.717, 1.165) is 0 Å². The third kappa shape index (κ3) is 5.68. The van der Waals surface area contributed by atoms with Crippen molar-refractivity contribution >= 4 is 17.0 Å². The molecule has 33 heavy (non-hydrogen) atoms. The molecule has 2 aromatic carbocycles. The van der Waals surface area contributed by atoms with Gasteiger partial charge in [0.2, 0.25) is 0 Å². The average molecular weight is 421 g/mol. The van der Waals surface area contributed by atoms with Crippen LogP contribution >= 0.6 is 0 Å². The molecule has 0 spiro atoms.